The van der Waals surface area contributed by atoms with Crippen LogP contribution in [0.1, 0.15) is 25.7 Å². The van der Waals surface area contributed by atoms with E-state index in [4.69, 9.17) is 17.0 Å². The Balaban J connectivity index is 2.07. The summed E-state index contributed by atoms with van der Waals surface area (Å²) in [5, 5.41) is 0. The Kier molecular flexibility index (Phi) is 3.80. The number of aromatic nitrogens is 2. The van der Waals surface area contributed by atoms with Gasteiger partial charge in [-0.05, 0) is 51.3 Å². The second-order valence-corrected chi connectivity index (χ2v) is 6.61. The number of ether oxygens (including phenoxy) is 1. The predicted molar refractivity (Wildman–Crippen MR) is 88.6 cm³/mol. The van der Waals surface area contributed by atoms with Gasteiger partial charge in [-0.15, -0.1) is 0 Å². The van der Waals surface area contributed by atoms with Crippen molar-refractivity contribution in [2.75, 3.05) is 21.2 Å². The molecule has 4 nitrogen and oxygen atoms in total. The minimum Gasteiger partial charge on any atom is -0.497 e. The molecule has 1 N–H and O–H groups in total. The van der Waals surface area contributed by atoms with Crippen LogP contribution >= 0.6 is 12.2 Å². The number of nitrogens with one attached hydrogen (secondary N) is 1. The fourth-order valence-electron chi connectivity index (χ4n) is 3.49. The van der Waals surface area contributed by atoms with Gasteiger partial charge in [0.15, 0.2) is 4.77 Å². The van der Waals surface area contributed by atoms with Crippen LogP contribution < -0.4 is 4.74 Å². The molecule has 0 bridgehead atoms. The van der Waals surface area contributed by atoms with Gasteiger partial charge in [0, 0.05) is 18.2 Å². The van der Waals surface area contributed by atoms with Gasteiger partial charge >= 0.3 is 0 Å². The standard InChI is InChI=1S/C16H23N3OS/c1-18(2)16(8-4-5-9-16)11-19-14-10-12(20-3)6-7-13(14)17-15(19)21/h6-7,10H,4-5,8-9,11H2,1-3H3,(H,17,21). The van der Waals surface area contributed by atoms with Crippen molar-refractivity contribution in [2.45, 2.75) is 37.8 Å². The lowest BCUT2D eigenvalue weighted by Gasteiger charge is -2.36. The monoisotopic (exact) mass is 305 g/mol. The number of imidazole rings is 1. The number of rotatable bonds is 4. The van der Waals surface area contributed by atoms with Crippen LogP contribution in [0.25, 0.3) is 11.0 Å². The Morgan fingerprint density at radius 3 is 2.67 bits per heavy atom. The maximum absolute atomic E-state index is 5.55. The molecule has 1 aromatic carbocycles. The number of likely N-dealkylation sites (N-methyl/N-ethyl adjacent to an activating group) is 1. The molecule has 114 valence electrons. The van der Waals surface area contributed by atoms with Crippen LogP contribution in [-0.4, -0.2) is 41.2 Å². The highest BCUT2D eigenvalue weighted by Gasteiger charge is 2.36. The van der Waals surface area contributed by atoms with Gasteiger partial charge < -0.3 is 19.2 Å². The zero-order valence-corrected chi connectivity index (χ0v) is 13.8. The number of H-pyrrole nitrogens is 1. The molecule has 0 radical (unpaired) electrons. The molecule has 5 heteroatoms. The normalized spacial score (nSPS) is 17.7. The van der Waals surface area contributed by atoms with Crippen molar-refractivity contribution in [3.63, 3.8) is 0 Å². The fraction of sp³-hybridized carbons (Fsp3) is 0.562. The van der Waals surface area contributed by atoms with E-state index in [1.807, 2.05) is 12.1 Å². The molecule has 0 spiro atoms. The molecule has 1 aliphatic rings. The van der Waals surface area contributed by atoms with E-state index in [1.165, 1.54) is 25.7 Å². The molecular weight excluding hydrogens is 282 g/mol. The highest BCUT2D eigenvalue weighted by molar-refractivity contribution is 7.71. The molecule has 3 rings (SSSR count). The van der Waals surface area contributed by atoms with Gasteiger partial charge in [-0.3, -0.25) is 0 Å². The summed E-state index contributed by atoms with van der Waals surface area (Å²) in [5.41, 5.74) is 2.43. The van der Waals surface area contributed by atoms with Gasteiger partial charge in [0.2, 0.25) is 0 Å². The average molecular weight is 305 g/mol. The van der Waals surface area contributed by atoms with Gasteiger partial charge in [0.05, 0.1) is 18.1 Å². The van der Waals surface area contributed by atoms with Gasteiger partial charge in [0.25, 0.3) is 0 Å². The van der Waals surface area contributed by atoms with Crippen molar-refractivity contribution in [3.8, 4) is 5.75 Å². The Morgan fingerprint density at radius 2 is 2.05 bits per heavy atom. The van der Waals surface area contributed by atoms with E-state index in [1.54, 1.807) is 7.11 Å². The number of hydrogen-bond acceptors (Lipinski definition) is 3. The average Bonchev–Trinajstić information content (AvgIpc) is 3.05. The predicted octanol–water partition coefficient (Wildman–Crippen LogP) is 3.58. The smallest absolute Gasteiger partial charge is 0.178 e. The van der Waals surface area contributed by atoms with Crippen molar-refractivity contribution in [3.05, 3.63) is 23.0 Å². The van der Waals surface area contributed by atoms with Crippen LogP contribution in [0.4, 0.5) is 0 Å². The zero-order valence-electron chi connectivity index (χ0n) is 13.0. The molecule has 0 atom stereocenters. The third-order valence-electron chi connectivity index (χ3n) is 4.92. The lowest BCUT2D eigenvalue weighted by atomic mass is 9.96. The summed E-state index contributed by atoms with van der Waals surface area (Å²) in [6.07, 6.45) is 5.07. The minimum atomic E-state index is 0.219. The second kappa shape index (κ2) is 5.46. The van der Waals surface area contributed by atoms with Crippen molar-refractivity contribution >= 4 is 23.3 Å². The summed E-state index contributed by atoms with van der Waals surface area (Å²) in [4.78, 5) is 5.69. The molecular formula is C16H23N3OS. The number of aromatic amines is 1. The van der Waals surface area contributed by atoms with E-state index >= 15 is 0 Å². The molecule has 1 saturated carbocycles. The molecule has 21 heavy (non-hydrogen) atoms. The first kappa shape index (κ1) is 14.6. The lowest BCUT2D eigenvalue weighted by Crippen LogP contribution is -2.45. The van der Waals surface area contributed by atoms with Crippen LogP contribution in [0.15, 0.2) is 18.2 Å². The lowest BCUT2D eigenvalue weighted by molar-refractivity contribution is 0.135. The van der Waals surface area contributed by atoms with E-state index in [-0.39, 0.29) is 5.54 Å². The fourth-order valence-corrected chi connectivity index (χ4v) is 3.76. The molecule has 1 heterocycles. The number of benzene rings is 1. The van der Waals surface area contributed by atoms with E-state index in [2.05, 4.69) is 34.6 Å². The third kappa shape index (κ3) is 2.49. The topological polar surface area (TPSA) is 33.2 Å². The van der Waals surface area contributed by atoms with Gasteiger partial charge in [-0.25, -0.2) is 0 Å². The summed E-state index contributed by atoms with van der Waals surface area (Å²) in [7, 11) is 6.07. The molecule has 2 aromatic rings. The number of hydrogen-bond donors (Lipinski definition) is 1. The SMILES string of the molecule is COc1ccc2[nH]c(=S)n(CC3(N(C)C)CCCC3)c2c1. The minimum absolute atomic E-state index is 0.219. The molecule has 1 aromatic heterocycles. The Morgan fingerprint density at radius 1 is 1.33 bits per heavy atom. The number of nitrogens with zero attached hydrogens (tertiary/aromatic N) is 2. The molecule has 1 aliphatic carbocycles. The Labute approximate surface area is 130 Å². The van der Waals surface area contributed by atoms with Crippen molar-refractivity contribution in [1.29, 1.82) is 0 Å². The van der Waals surface area contributed by atoms with Crippen LogP contribution in [0.3, 0.4) is 0 Å². The van der Waals surface area contributed by atoms with Crippen LogP contribution in [-0.2, 0) is 6.54 Å². The first-order valence-electron chi connectivity index (χ1n) is 7.50. The van der Waals surface area contributed by atoms with E-state index in [9.17, 15) is 0 Å². The molecule has 0 saturated heterocycles. The first-order chi connectivity index (χ1) is 10.1. The zero-order chi connectivity index (χ0) is 15.0. The van der Waals surface area contributed by atoms with Crippen LogP contribution in [0, 0.1) is 4.77 Å². The van der Waals surface area contributed by atoms with Gasteiger partial charge in [-0.2, -0.15) is 0 Å². The van der Waals surface area contributed by atoms with E-state index < -0.39 is 0 Å². The van der Waals surface area contributed by atoms with E-state index in [0.29, 0.717) is 0 Å². The molecule has 0 unspecified atom stereocenters. The van der Waals surface area contributed by atoms with Gasteiger partial charge in [0.1, 0.15) is 5.75 Å². The highest BCUT2D eigenvalue weighted by Crippen LogP contribution is 2.36. The third-order valence-corrected chi connectivity index (χ3v) is 5.24. The Hall–Kier alpha value is -1.33. The summed E-state index contributed by atoms with van der Waals surface area (Å²) in [6.45, 7) is 0.937. The molecule has 1 fully saturated rings. The first-order valence-corrected chi connectivity index (χ1v) is 7.90. The van der Waals surface area contributed by atoms with Crippen LogP contribution in [0.5, 0.6) is 5.75 Å². The summed E-state index contributed by atoms with van der Waals surface area (Å²) in [5.74, 6) is 0.871. The van der Waals surface area contributed by atoms with Crippen molar-refractivity contribution in [2.24, 2.45) is 0 Å². The maximum Gasteiger partial charge on any atom is 0.178 e. The number of methoxy groups -OCH3 is 1. The quantitative estimate of drug-likeness (QED) is 0.877. The Bertz CT molecular complexity index is 695. The summed E-state index contributed by atoms with van der Waals surface area (Å²) >= 11 is 5.55. The second-order valence-electron chi connectivity index (χ2n) is 6.23. The van der Waals surface area contributed by atoms with Crippen molar-refractivity contribution in [1.82, 2.24) is 14.5 Å². The van der Waals surface area contributed by atoms with E-state index in [0.717, 1.165) is 28.1 Å². The van der Waals surface area contributed by atoms with Crippen LogP contribution in [0.2, 0.25) is 0 Å². The largest absolute Gasteiger partial charge is 0.497 e. The van der Waals surface area contributed by atoms with Crippen molar-refractivity contribution < 1.29 is 4.74 Å². The number of fused-ring (bicyclic) bond motifs is 1. The van der Waals surface area contributed by atoms with Gasteiger partial charge in [-0.1, -0.05) is 12.8 Å². The summed E-state index contributed by atoms with van der Waals surface area (Å²) < 4.78 is 8.39. The molecule has 0 amide bonds. The highest BCUT2D eigenvalue weighted by atomic mass is 32.1. The molecule has 0 aliphatic heterocycles. The summed E-state index contributed by atoms with van der Waals surface area (Å²) in [6, 6.07) is 6.08. The maximum atomic E-state index is 5.55.